The van der Waals surface area contributed by atoms with Gasteiger partial charge in [-0.25, -0.2) is 0 Å². The van der Waals surface area contributed by atoms with Gasteiger partial charge in [0.2, 0.25) is 5.91 Å². The van der Waals surface area contributed by atoms with E-state index >= 15 is 0 Å². The Labute approximate surface area is 112 Å². The first-order chi connectivity index (χ1) is 9.08. The number of H-pyrrole nitrogens is 1. The van der Waals surface area contributed by atoms with E-state index in [9.17, 15) is 4.79 Å². The lowest BCUT2D eigenvalue weighted by molar-refractivity contribution is -0.118. The molecular weight excluding hydrogens is 240 g/mol. The maximum Gasteiger partial charge on any atom is 0.241 e. The van der Waals surface area contributed by atoms with Crippen molar-refractivity contribution in [2.24, 2.45) is 11.7 Å². The Kier molecular flexibility index (Phi) is 3.97. The number of hydrogen-bond acceptors (Lipinski definition) is 3. The molecule has 4 N–H and O–H groups in total. The number of amides is 1. The fourth-order valence-corrected chi connectivity index (χ4v) is 1.68. The molecule has 0 spiro atoms. The lowest BCUT2D eigenvalue weighted by atomic mass is 10.0. The van der Waals surface area contributed by atoms with Crippen LogP contribution in [0, 0.1) is 5.92 Å². The molecule has 5 nitrogen and oxygen atoms in total. The van der Waals surface area contributed by atoms with Crippen LogP contribution in [0.3, 0.4) is 0 Å². The van der Waals surface area contributed by atoms with Gasteiger partial charge in [0.05, 0.1) is 11.7 Å². The van der Waals surface area contributed by atoms with Crippen LogP contribution < -0.4 is 11.1 Å². The Morgan fingerprint density at radius 2 is 1.95 bits per heavy atom. The largest absolute Gasteiger partial charge is 0.325 e. The number of aromatic nitrogens is 2. The van der Waals surface area contributed by atoms with E-state index in [0.29, 0.717) is 0 Å². The molecule has 0 aliphatic carbocycles. The first-order valence-electron chi connectivity index (χ1n) is 6.24. The highest BCUT2D eigenvalue weighted by Gasteiger charge is 2.16. The molecule has 19 heavy (non-hydrogen) atoms. The van der Waals surface area contributed by atoms with Crippen LogP contribution in [0.4, 0.5) is 5.69 Å². The SMILES string of the molecule is CC(C)[C@@H](N)C(=O)Nc1ccc(-c2ccn[nH]2)cc1. The van der Waals surface area contributed by atoms with Crippen LogP contribution in [0.25, 0.3) is 11.3 Å². The molecule has 1 aromatic carbocycles. The van der Waals surface area contributed by atoms with E-state index in [-0.39, 0.29) is 11.8 Å². The summed E-state index contributed by atoms with van der Waals surface area (Å²) < 4.78 is 0. The highest BCUT2D eigenvalue weighted by Crippen LogP contribution is 2.19. The van der Waals surface area contributed by atoms with Gasteiger partial charge in [-0.15, -0.1) is 0 Å². The number of aromatic amines is 1. The maximum absolute atomic E-state index is 11.8. The summed E-state index contributed by atoms with van der Waals surface area (Å²) in [4.78, 5) is 11.8. The van der Waals surface area contributed by atoms with Gasteiger partial charge in [0.1, 0.15) is 0 Å². The molecule has 0 bridgehead atoms. The quantitative estimate of drug-likeness (QED) is 0.784. The standard InChI is InChI=1S/C14H18N4O/c1-9(2)13(15)14(19)17-11-5-3-10(4-6-11)12-7-8-16-18-12/h3-9,13H,15H2,1-2H3,(H,16,18)(H,17,19)/t13-/m1/s1. The molecule has 1 amide bonds. The van der Waals surface area contributed by atoms with Crippen molar-refractivity contribution in [2.75, 3.05) is 5.32 Å². The molecule has 0 aliphatic heterocycles. The van der Waals surface area contributed by atoms with E-state index in [2.05, 4.69) is 15.5 Å². The number of nitrogens with one attached hydrogen (secondary N) is 2. The van der Waals surface area contributed by atoms with E-state index in [1.165, 1.54) is 0 Å². The number of carbonyl (C=O) groups is 1. The molecule has 0 aliphatic rings. The smallest absolute Gasteiger partial charge is 0.241 e. The maximum atomic E-state index is 11.8. The molecule has 0 fully saturated rings. The highest BCUT2D eigenvalue weighted by molar-refractivity contribution is 5.95. The van der Waals surface area contributed by atoms with Gasteiger partial charge >= 0.3 is 0 Å². The Balaban J connectivity index is 2.05. The van der Waals surface area contributed by atoms with Crippen molar-refractivity contribution in [3.05, 3.63) is 36.5 Å². The van der Waals surface area contributed by atoms with Crippen molar-refractivity contribution in [3.63, 3.8) is 0 Å². The Bertz CT molecular complexity index is 531. The summed E-state index contributed by atoms with van der Waals surface area (Å²) in [5.41, 5.74) is 8.49. The number of carbonyl (C=O) groups excluding carboxylic acids is 1. The van der Waals surface area contributed by atoms with Crippen LogP contribution in [0.15, 0.2) is 36.5 Å². The minimum absolute atomic E-state index is 0.115. The van der Waals surface area contributed by atoms with Crippen molar-refractivity contribution in [1.29, 1.82) is 0 Å². The summed E-state index contributed by atoms with van der Waals surface area (Å²) in [6.45, 7) is 3.84. The van der Waals surface area contributed by atoms with E-state index < -0.39 is 6.04 Å². The third-order valence-corrected chi connectivity index (χ3v) is 2.99. The molecule has 0 saturated carbocycles. The zero-order valence-corrected chi connectivity index (χ0v) is 11.1. The molecule has 1 aromatic heterocycles. The van der Waals surface area contributed by atoms with E-state index in [0.717, 1.165) is 16.9 Å². The molecule has 1 heterocycles. The van der Waals surface area contributed by atoms with Crippen molar-refractivity contribution >= 4 is 11.6 Å². The molecule has 100 valence electrons. The van der Waals surface area contributed by atoms with E-state index in [1.807, 2.05) is 44.2 Å². The van der Waals surface area contributed by atoms with Gasteiger partial charge in [0.25, 0.3) is 0 Å². The van der Waals surface area contributed by atoms with Crippen LogP contribution in [-0.2, 0) is 4.79 Å². The molecule has 0 saturated heterocycles. The van der Waals surface area contributed by atoms with Gasteiger partial charge in [-0.3, -0.25) is 9.89 Å². The summed E-state index contributed by atoms with van der Waals surface area (Å²) in [7, 11) is 0. The average Bonchev–Trinajstić information content (AvgIpc) is 2.92. The number of nitrogens with zero attached hydrogens (tertiary/aromatic N) is 1. The fraction of sp³-hybridized carbons (Fsp3) is 0.286. The third kappa shape index (κ3) is 3.20. The molecule has 2 rings (SSSR count). The Morgan fingerprint density at radius 1 is 1.26 bits per heavy atom. The minimum Gasteiger partial charge on any atom is -0.325 e. The zero-order chi connectivity index (χ0) is 13.8. The second-order valence-corrected chi connectivity index (χ2v) is 4.81. The van der Waals surface area contributed by atoms with E-state index in [1.54, 1.807) is 6.20 Å². The monoisotopic (exact) mass is 258 g/mol. The van der Waals surface area contributed by atoms with Crippen LogP contribution in [-0.4, -0.2) is 22.1 Å². The summed E-state index contributed by atoms with van der Waals surface area (Å²) >= 11 is 0. The molecular formula is C14H18N4O. The molecule has 1 atom stereocenters. The Morgan fingerprint density at radius 3 is 2.47 bits per heavy atom. The topological polar surface area (TPSA) is 83.8 Å². The molecule has 0 unspecified atom stereocenters. The summed E-state index contributed by atoms with van der Waals surface area (Å²) in [5.74, 6) is -0.0476. The third-order valence-electron chi connectivity index (χ3n) is 2.99. The number of rotatable bonds is 4. The van der Waals surface area contributed by atoms with Crippen LogP contribution >= 0.6 is 0 Å². The van der Waals surface area contributed by atoms with Crippen LogP contribution in [0.1, 0.15) is 13.8 Å². The first kappa shape index (κ1) is 13.3. The van der Waals surface area contributed by atoms with Crippen molar-refractivity contribution in [2.45, 2.75) is 19.9 Å². The summed E-state index contributed by atoms with van der Waals surface area (Å²) in [6, 6.07) is 8.94. The Hall–Kier alpha value is -2.14. The molecule has 0 radical (unpaired) electrons. The predicted molar refractivity (Wildman–Crippen MR) is 75.5 cm³/mol. The number of nitrogens with two attached hydrogens (primary N) is 1. The van der Waals surface area contributed by atoms with Crippen molar-refractivity contribution in [3.8, 4) is 11.3 Å². The van der Waals surface area contributed by atoms with Crippen molar-refractivity contribution in [1.82, 2.24) is 10.2 Å². The normalized spacial score (nSPS) is 12.4. The van der Waals surface area contributed by atoms with Gasteiger partial charge in [0.15, 0.2) is 0 Å². The first-order valence-corrected chi connectivity index (χ1v) is 6.24. The average molecular weight is 258 g/mol. The predicted octanol–water partition coefficient (Wildman–Crippen LogP) is 2.00. The fourth-order valence-electron chi connectivity index (χ4n) is 1.68. The second kappa shape index (κ2) is 5.67. The zero-order valence-electron chi connectivity index (χ0n) is 11.1. The summed E-state index contributed by atoms with van der Waals surface area (Å²) in [5, 5.41) is 9.60. The summed E-state index contributed by atoms with van der Waals surface area (Å²) in [6.07, 6.45) is 1.70. The highest BCUT2D eigenvalue weighted by atomic mass is 16.2. The van der Waals surface area contributed by atoms with E-state index in [4.69, 9.17) is 5.73 Å². The molecule has 5 heteroatoms. The lowest BCUT2D eigenvalue weighted by Gasteiger charge is -2.15. The van der Waals surface area contributed by atoms with Crippen molar-refractivity contribution < 1.29 is 4.79 Å². The van der Waals surface area contributed by atoms with Gasteiger partial charge in [-0.1, -0.05) is 26.0 Å². The lowest BCUT2D eigenvalue weighted by Crippen LogP contribution is -2.39. The molecule has 2 aromatic rings. The second-order valence-electron chi connectivity index (χ2n) is 4.81. The van der Waals surface area contributed by atoms with Gasteiger partial charge in [-0.05, 0) is 29.7 Å². The number of anilines is 1. The number of benzene rings is 1. The van der Waals surface area contributed by atoms with Crippen LogP contribution in [0.5, 0.6) is 0 Å². The minimum atomic E-state index is -0.493. The number of hydrogen-bond donors (Lipinski definition) is 3. The van der Waals surface area contributed by atoms with Gasteiger partial charge in [-0.2, -0.15) is 5.10 Å². The van der Waals surface area contributed by atoms with Gasteiger partial charge in [0, 0.05) is 11.9 Å². The van der Waals surface area contributed by atoms with Gasteiger partial charge < -0.3 is 11.1 Å². The van der Waals surface area contributed by atoms with Crippen LogP contribution in [0.2, 0.25) is 0 Å².